The highest BCUT2D eigenvalue weighted by atomic mass is 79.9. The van der Waals surface area contributed by atoms with E-state index in [-0.39, 0.29) is 5.91 Å². The summed E-state index contributed by atoms with van der Waals surface area (Å²) in [4.78, 5) is 16.9. The summed E-state index contributed by atoms with van der Waals surface area (Å²) in [5.74, 6) is 0.0708. The number of rotatable bonds is 6. The minimum Gasteiger partial charge on any atom is -0.370 e. The van der Waals surface area contributed by atoms with Crippen LogP contribution < -0.4 is 11.1 Å². The summed E-state index contributed by atoms with van der Waals surface area (Å²) < 4.78 is 6.70. The van der Waals surface area contributed by atoms with Gasteiger partial charge in [-0.25, -0.2) is 0 Å². The lowest BCUT2D eigenvalue weighted by Gasteiger charge is -2.29. The predicted octanol–water partition coefficient (Wildman–Crippen LogP) is 4.68. The number of hydrogen-bond acceptors (Lipinski definition) is 7. The third-order valence-corrected chi connectivity index (χ3v) is 8.87. The summed E-state index contributed by atoms with van der Waals surface area (Å²) >= 11 is 8.58. The second-order valence-corrected chi connectivity index (χ2v) is 10.4. The van der Waals surface area contributed by atoms with Crippen molar-refractivity contribution >= 4 is 71.3 Å². The van der Waals surface area contributed by atoms with Gasteiger partial charge in [0.2, 0.25) is 5.91 Å². The SMILES string of the molecule is N[C@@H](Cc1sc2c(NCc3cccs3)snc2c1Br)C(=O)N1CCCCC1. The molecule has 0 radical (unpaired) electrons. The number of fused-ring (bicyclic) bond motifs is 1. The lowest BCUT2D eigenvalue weighted by Crippen LogP contribution is -2.46. The van der Waals surface area contributed by atoms with Gasteiger partial charge in [0, 0.05) is 29.3 Å². The molecule has 4 heterocycles. The lowest BCUT2D eigenvalue weighted by molar-refractivity contribution is -0.133. The van der Waals surface area contributed by atoms with E-state index in [1.807, 2.05) is 4.90 Å². The maximum absolute atomic E-state index is 12.6. The van der Waals surface area contributed by atoms with E-state index in [1.54, 1.807) is 22.7 Å². The van der Waals surface area contributed by atoms with Gasteiger partial charge in [0.1, 0.15) is 10.5 Å². The van der Waals surface area contributed by atoms with Crippen LogP contribution in [0.15, 0.2) is 22.0 Å². The summed E-state index contributed by atoms with van der Waals surface area (Å²) in [6, 6.07) is 3.69. The molecule has 3 aromatic rings. The molecule has 4 rings (SSSR count). The Balaban J connectivity index is 1.47. The van der Waals surface area contributed by atoms with Crippen molar-refractivity contribution in [3.05, 3.63) is 31.7 Å². The summed E-state index contributed by atoms with van der Waals surface area (Å²) in [5.41, 5.74) is 7.23. The number of carbonyl (C=O) groups is 1. The third-order valence-electron chi connectivity index (χ3n) is 4.72. The second kappa shape index (κ2) is 8.57. The van der Waals surface area contributed by atoms with Crippen LogP contribution in [0.5, 0.6) is 0 Å². The van der Waals surface area contributed by atoms with Crippen LogP contribution in [0.4, 0.5) is 5.00 Å². The van der Waals surface area contributed by atoms with Gasteiger partial charge < -0.3 is 16.0 Å². The Morgan fingerprint density at radius 1 is 1.37 bits per heavy atom. The van der Waals surface area contributed by atoms with Crippen molar-refractivity contribution in [1.82, 2.24) is 9.27 Å². The van der Waals surface area contributed by atoms with E-state index < -0.39 is 6.04 Å². The van der Waals surface area contributed by atoms with E-state index in [0.29, 0.717) is 6.42 Å². The molecule has 144 valence electrons. The molecule has 3 N–H and O–H groups in total. The van der Waals surface area contributed by atoms with Gasteiger partial charge in [-0.2, -0.15) is 4.37 Å². The summed E-state index contributed by atoms with van der Waals surface area (Å²) in [6.45, 7) is 2.48. The molecule has 3 aromatic heterocycles. The molecule has 0 bridgehead atoms. The summed E-state index contributed by atoms with van der Waals surface area (Å²) in [7, 11) is 0. The molecule has 1 aliphatic rings. The number of halogens is 1. The number of nitrogens with zero attached hydrogens (tertiary/aromatic N) is 2. The number of amides is 1. The highest BCUT2D eigenvalue weighted by molar-refractivity contribution is 9.10. The minimum absolute atomic E-state index is 0.0708. The first-order chi connectivity index (χ1) is 13.1. The zero-order valence-corrected chi connectivity index (χ0v) is 18.8. The number of nitrogens with two attached hydrogens (primary N) is 1. The first-order valence-electron chi connectivity index (χ1n) is 9.00. The fraction of sp³-hybridized carbons (Fsp3) is 0.444. The molecule has 1 fully saturated rings. The van der Waals surface area contributed by atoms with Crippen LogP contribution in [0, 0.1) is 0 Å². The van der Waals surface area contributed by atoms with Crippen molar-refractivity contribution in [3.8, 4) is 0 Å². The smallest absolute Gasteiger partial charge is 0.239 e. The van der Waals surface area contributed by atoms with Crippen LogP contribution >= 0.6 is 50.1 Å². The van der Waals surface area contributed by atoms with Crippen LogP contribution in [0.1, 0.15) is 29.0 Å². The Hall–Kier alpha value is -1.00. The Bertz CT molecular complexity index is 915. The van der Waals surface area contributed by atoms with E-state index >= 15 is 0 Å². The summed E-state index contributed by atoms with van der Waals surface area (Å²) in [6.07, 6.45) is 3.92. The van der Waals surface area contributed by atoms with Gasteiger partial charge in [0.05, 0.1) is 21.8 Å². The highest BCUT2D eigenvalue weighted by Crippen LogP contribution is 2.42. The van der Waals surface area contributed by atoms with Gasteiger partial charge in [-0.15, -0.1) is 22.7 Å². The van der Waals surface area contributed by atoms with Gasteiger partial charge in [-0.05, 0) is 58.2 Å². The number of thiophene rings is 2. The first-order valence-corrected chi connectivity index (χ1v) is 12.3. The van der Waals surface area contributed by atoms with Crippen molar-refractivity contribution in [2.24, 2.45) is 5.73 Å². The Morgan fingerprint density at radius 3 is 2.93 bits per heavy atom. The van der Waals surface area contributed by atoms with Gasteiger partial charge in [-0.1, -0.05) is 6.07 Å². The molecule has 1 atom stereocenters. The van der Waals surface area contributed by atoms with Crippen LogP contribution in [0.25, 0.3) is 10.2 Å². The highest BCUT2D eigenvalue weighted by Gasteiger charge is 2.25. The molecule has 0 aromatic carbocycles. The normalized spacial score (nSPS) is 16.0. The molecule has 0 spiro atoms. The first kappa shape index (κ1) is 19.3. The van der Waals surface area contributed by atoms with E-state index in [1.165, 1.54) is 22.8 Å². The number of aromatic nitrogens is 1. The molecule has 27 heavy (non-hydrogen) atoms. The molecule has 0 unspecified atom stereocenters. The molecule has 1 saturated heterocycles. The maximum Gasteiger partial charge on any atom is 0.239 e. The van der Waals surface area contributed by atoms with Crippen molar-refractivity contribution in [2.45, 2.75) is 38.3 Å². The Morgan fingerprint density at radius 2 is 2.19 bits per heavy atom. The van der Waals surface area contributed by atoms with Gasteiger partial charge >= 0.3 is 0 Å². The zero-order valence-electron chi connectivity index (χ0n) is 14.7. The molecule has 5 nitrogen and oxygen atoms in total. The number of nitrogens with one attached hydrogen (secondary N) is 1. The zero-order chi connectivity index (χ0) is 18.8. The number of anilines is 1. The van der Waals surface area contributed by atoms with Gasteiger partial charge in [0.15, 0.2) is 0 Å². The van der Waals surface area contributed by atoms with Crippen LogP contribution in [0.3, 0.4) is 0 Å². The third kappa shape index (κ3) is 4.22. The fourth-order valence-electron chi connectivity index (χ4n) is 3.28. The predicted molar refractivity (Wildman–Crippen MR) is 119 cm³/mol. The van der Waals surface area contributed by atoms with Crippen LogP contribution in [0.2, 0.25) is 0 Å². The minimum atomic E-state index is -0.492. The lowest BCUT2D eigenvalue weighted by atomic mass is 10.1. The fourth-order valence-corrected chi connectivity index (χ4v) is 6.94. The van der Waals surface area contributed by atoms with E-state index in [2.05, 4.69) is 43.1 Å². The Labute approximate surface area is 178 Å². The van der Waals surface area contributed by atoms with Crippen LogP contribution in [-0.2, 0) is 17.8 Å². The van der Waals surface area contributed by atoms with Gasteiger partial charge in [-0.3, -0.25) is 4.79 Å². The maximum atomic E-state index is 12.6. The molecule has 0 aliphatic carbocycles. The van der Waals surface area contributed by atoms with E-state index in [9.17, 15) is 4.79 Å². The number of hydrogen-bond donors (Lipinski definition) is 2. The standard InChI is InChI=1S/C18H21BrN4OS3/c19-14-13(9-12(20)18(24)23-6-2-1-3-7-23)26-16-15(14)22-27-17(16)21-10-11-5-4-8-25-11/h4-5,8,12,21H,1-3,6-7,9-10,20H2/t12-/m0/s1. The molecule has 0 saturated carbocycles. The van der Waals surface area contributed by atoms with E-state index in [4.69, 9.17) is 5.73 Å². The number of carbonyl (C=O) groups excluding carboxylic acids is 1. The second-order valence-electron chi connectivity index (χ2n) is 6.66. The largest absolute Gasteiger partial charge is 0.370 e. The molecule has 1 amide bonds. The monoisotopic (exact) mass is 484 g/mol. The molecule has 9 heteroatoms. The van der Waals surface area contributed by atoms with Gasteiger partial charge in [0.25, 0.3) is 0 Å². The number of piperidine rings is 1. The average molecular weight is 485 g/mol. The topological polar surface area (TPSA) is 71.2 Å². The average Bonchev–Trinajstić information content (AvgIpc) is 3.40. The van der Waals surface area contributed by atoms with Crippen molar-refractivity contribution in [1.29, 1.82) is 0 Å². The molecule has 1 aliphatic heterocycles. The van der Waals surface area contributed by atoms with Crippen molar-refractivity contribution < 1.29 is 4.79 Å². The Kier molecular flexibility index (Phi) is 6.13. The molecular weight excluding hydrogens is 464 g/mol. The van der Waals surface area contributed by atoms with E-state index in [0.717, 1.165) is 57.0 Å². The number of likely N-dealkylation sites (tertiary alicyclic amines) is 1. The summed E-state index contributed by atoms with van der Waals surface area (Å²) in [5, 5.41) is 6.65. The quantitative estimate of drug-likeness (QED) is 0.532. The molecular formula is C18H21BrN4OS3. The van der Waals surface area contributed by atoms with Crippen molar-refractivity contribution in [3.63, 3.8) is 0 Å². The van der Waals surface area contributed by atoms with Crippen molar-refractivity contribution in [2.75, 3.05) is 18.4 Å². The van der Waals surface area contributed by atoms with Crippen LogP contribution in [-0.4, -0.2) is 34.3 Å².